The van der Waals surface area contributed by atoms with Crippen LogP contribution >= 0.6 is 0 Å². The van der Waals surface area contributed by atoms with E-state index in [-0.39, 0.29) is 6.04 Å². The second-order valence-corrected chi connectivity index (χ2v) is 8.87. The smallest absolute Gasteiger partial charge is 0.231 e. The zero-order valence-electron chi connectivity index (χ0n) is 18.7. The number of ether oxygens (including phenoxy) is 2. The molecule has 2 aliphatic rings. The van der Waals surface area contributed by atoms with Gasteiger partial charge >= 0.3 is 0 Å². The Morgan fingerprint density at radius 3 is 2.44 bits per heavy atom. The Bertz CT molecular complexity index is 1030. The van der Waals surface area contributed by atoms with Gasteiger partial charge < -0.3 is 9.47 Å². The summed E-state index contributed by atoms with van der Waals surface area (Å²) in [5.41, 5.74) is 2.46. The van der Waals surface area contributed by atoms with E-state index in [1.165, 1.54) is 11.1 Å². The number of aromatic nitrogens is 4. The van der Waals surface area contributed by atoms with Gasteiger partial charge in [-0.1, -0.05) is 50.2 Å². The standard InChI is InChI=1S/C24H30N6O2/c1-18(2)23(24-25-26-27-30(24)16-19-6-4-3-5-7-19)29-12-10-28(11-13-29)15-20-8-9-21-22(14-20)32-17-31-21/h3-9,14,18,23H,10-13,15-17H2,1-2H3/t23-/m1/s1. The molecule has 1 atom stereocenters. The summed E-state index contributed by atoms with van der Waals surface area (Å²) in [6, 6.07) is 16.8. The Labute approximate surface area is 188 Å². The summed E-state index contributed by atoms with van der Waals surface area (Å²) >= 11 is 0. The van der Waals surface area contributed by atoms with Crippen molar-refractivity contribution in [3.63, 3.8) is 0 Å². The van der Waals surface area contributed by atoms with Gasteiger partial charge in [-0.2, -0.15) is 0 Å². The molecule has 2 aliphatic heterocycles. The predicted octanol–water partition coefficient (Wildman–Crippen LogP) is 2.97. The molecule has 0 radical (unpaired) electrons. The summed E-state index contributed by atoms with van der Waals surface area (Å²) < 4.78 is 12.9. The average Bonchev–Trinajstić information content (AvgIpc) is 3.45. The lowest BCUT2D eigenvalue weighted by Gasteiger charge is -2.40. The van der Waals surface area contributed by atoms with Crippen LogP contribution in [0.15, 0.2) is 48.5 Å². The number of tetrazole rings is 1. The van der Waals surface area contributed by atoms with E-state index < -0.39 is 0 Å². The van der Waals surface area contributed by atoms with Crippen molar-refractivity contribution in [2.45, 2.75) is 33.0 Å². The zero-order valence-corrected chi connectivity index (χ0v) is 18.7. The topological polar surface area (TPSA) is 68.5 Å². The summed E-state index contributed by atoms with van der Waals surface area (Å²) in [4.78, 5) is 5.03. The molecule has 0 amide bonds. The monoisotopic (exact) mass is 434 g/mol. The highest BCUT2D eigenvalue weighted by molar-refractivity contribution is 5.44. The molecule has 32 heavy (non-hydrogen) atoms. The van der Waals surface area contributed by atoms with Crippen LogP contribution in [0.4, 0.5) is 0 Å². The number of hydrogen-bond acceptors (Lipinski definition) is 7. The second-order valence-electron chi connectivity index (χ2n) is 8.87. The average molecular weight is 435 g/mol. The first kappa shape index (κ1) is 20.9. The van der Waals surface area contributed by atoms with Gasteiger partial charge in [-0.3, -0.25) is 9.80 Å². The highest BCUT2D eigenvalue weighted by atomic mass is 16.7. The Balaban J connectivity index is 1.24. The number of nitrogens with zero attached hydrogens (tertiary/aromatic N) is 6. The zero-order chi connectivity index (χ0) is 21.9. The number of benzene rings is 2. The predicted molar refractivity (Wildman–Crippen MR) is 120 cm³/mol. The van der Waals surface area contributed by atoms with Crippen molar-refractivity contribution in [2.24, 2.45) is 5.92 Å². The van der Waals surface area contributed by atoms with E-state index in [1.807, 2.05) is 16.8 Å². The van der Waals surface area contributed by atoms with Crippen molar-refractivity contribution in [1.29, 1.82) is 0 Å². The van der Waals surface area contributed by atoms with Crippen molar-refractivity contribution in [1.82, 2.24) is 30.0 Å². The Kier molecular flexibility index (Phi) is 6.05. The minimum atomic E-state index is 0.196. The van der Waals surface area contributed by atoms with E-state index in [0.29, 0.717) is 19.3 Å². The molecule has 0 aliphatic carbocycles. The number of hydrogen-bond donors (Lipinski definition) is 0. The van der Waals surface area contributed by atoms with Gasteiger partial charge in [0.15, 0.2) is 17.3 Å². The fourth-order valence-electron chi connectivity index (χ4n) is 4.67. The first-order valence-corrected chi connectivity index (χ1v) is 11.3. The van der Waals surface area contributed by atoms with Crippen molar-refractivity contribution in [2.75, 3.05) is 33.0 Å². The van der Waals surface area contributed by atoms with Crippen molar-refractivity contribution >= 4 is 0 Å². The van der Waals surface area contributed by atoms with E-state index in [9.17, 15) is 0 Å². The van der Waals surface area contributed by atoms with Crippen LogP contribution in [0, 0.1) is 5.92 Å². The highest BCUT2D eigenvalue weighted by Crippen LogP contribution is 2.33. The maximum Gasteiger partial charge on any atom is 0.231 e. The molecule has 1 saturated heterocycles. The molecule has 1 aromatic heterocycles. The lowest BCUT2D eigenvalue weighted by Crippen LogP contribution is -2.48. The summed E-state index contributed by atoms with van der Waals surface area (Å²) in [7, 11) is 0. The first-order valence-electron chi connectivity index (χ1n) is 11.3. The molecule has 0 unspecified atom stereocenters. The Morgan fingerprint density at radius 1 is 0.875 bits per heavy atom. The van der Waals surface area contributed by atoms with Gasteiger partial charge in [0.2, 0.25) is 6.79 Å². The maximum atomic E-state index is 5.53. The fraction of sp³-hybridized carbons (Fsp3) is 0.458. The Morgan fingerprint density at radius 2 is 1.66 bits per heavy atom. The van der Waals surface area contributed by atoms with E-state index in [2.05, 4.69) is 75.6 Å². The van der Waals surface area contributed by atoms with Crippen molar-refractivity contribution < 1.29 is 9.47 Å². The minimum absolute atomic E-state index is 0.196. The van der Waals surface area contributed by atoms with E-state index in [0.717, 1.165) is 50.0 Å². The van der Waals surface area contributed by atoms with E-state index in [4.69, 9.17) is 9.47 Å². The van der Waals surface area contributed by atoms with Gasteiger partial charge in [-0.15, -0.1) is 5.10 Å². The van der Waals surface area contributed by atoms with Crippen LogP contribution in [0.1, 0.15) is 36.8 Å². The van der Waals surface area contributed by atoms with Crippen LogP contribution in [0.5, 0.6) is 11.5 Å². The molecule has 8 nitrogen and oxygen atoms in total. The number of fused-ring (bicyclic) bond motifs is 1. The SMILES string of the molecule is CC(C)[C@H](c1nnnn1Cc1ccccc1)N1CCN(Cc2ccc3c(c2)OCO3)CC1. The summed E-state index contributed by atoms with van der Waals surface area (Å²) in [6.45, 7) is 10.4. The first-order chi connectivity index (χ1) is 15.7. The maximum absolute atomic E-state index is 5.53. The number of piperazine rings is 1. The van der Waals surface area contributed by atoms with Gasteiger partial charge in [0.25, 0.3) is 0 Å². The molecular formula is C24H30N6O2. The largest absolute Gasteiger partial charge is 0.454 e. The molecule has 0 bridgehead atoms. The van der Waals surface area contributed by atoms with Gasteiger partial charge in [-0.25, -0.2) is 4.68 Å². The third-order valence-corrected chi connectivity index (χ3v) is 6.27. The van der Waals surface area contributed by atoms with E-state index in [1.54, 1.807) is 0 Å². The summed E-state index contributed by atoms with van der Waals surface area (Å²) in [5.74, 6) is 3.06. The van der Waals surface area contributed by atoms with Crippen LogP contribution in [0.3, 0.4) is 0 Å². The molecule has 0 N–H and O–H groups in total. The van der Waals surface area contributed by atoms with Gasteiger partial charge in [0.05, 0.1) is 12.6 Å². The minimum Gasteiger partial charge on any atom is -0.454 e. The van der Waals surface area contributed by atoms with Crippen LogP contribution in [0.25, 0.3) is 0 Å². The van der Waals surface area contributed by atoms with Gasteiger partial charge in [0.1, 0.15) is 0 Å². The van der Waals surface area contributed by atoms with Crippen molar-refractivity contribution in [3.8, 4) is 11.5 Å². The Hall–Kier alpha value is -2.97. The van der Waals surface area contributed by atoms with Crippen molar-refractivity contribution in [3.05, 3.63) is 65.5 Å². The molecule has 168 valence electrons. The molecule has 5 rings (SSSR count). The van der Waals surface area contributed by atoms with Crippen LogP contribution in [-0.4, -0.2) is 63.0 Å². The number of rotatable bonds is 7. The fourth-order valence-corrected chi connectivity index (χ4v) is 4.67. The van der Waals surface area contributed by atoms with Gasteiger partial charge in [0, 0.05) is 32.7 Å². The second kappa shape index (κ2) is 9.26. The quantitative estimate of drug-likeness (QED) is 0.566. The van der Waals surface area contributed by atoms with Crippen LogP contribution in [0.2, 0.25) is 0 Å². The lowest BCUT2D eigenvalue weighted by molar-refractivity contribution is 0.0664. The molecule has 0 spiro atoms. The molecule has 3 heterocycles. The third kappa shape index (κ3) is 4.47. The lowest BCUT2D eigenvalue weighted by atomic mass is 10.0. The molecule has 1 fully saturated rings. The molecule has 3 aromatic rings. The molecule has 2 aromatic carbocycles. The molecule has 0 saturated carbocycles. The molecular weight excluding hydrogens is 404 g/mol. The summed E-state index contributed by atoms with van der Waals surface area (Å²) in [6.07, 6.45) is 0. The molecule has 8 heteroatoms. The van der Waals surface area contributed by atoms with Gasteiger partial charge in [-0.05, 0) is 39.6 Å². The highest BCUT2D eigenvalue weighted by Gasteiger charge is 2.31. The summed E-state index contributed by atoms with van der Waals surface area (Å²) in [5, 5.41) is 12.8. The third-order valence-electron chi connectivity index (χ3n) is 6.27. The van der Waals surface area contributed by atoms with Crippen LogP contribution in [-0.2, 0) is 13.1 Å². The van der Waals surface area contributed by atoms with E-state index >= 15 is 0 Å². The van der Waals surface area contributed by atoms with Crippen LogP contribution < -0.4 is 9.47 Å². The normalized spacial score (nSPS) is 17.7.